The van der Waals surface area contributed by atoms with Crippen LogP contribution in [0.5, 0.6) is 0 Å². The molecule has 0 unspecified atom stereocenters. The number of carbonyl (C=O) groups excluding carboxylic acids is 2. The monoisotopic (exact) mass is 468 g/mol. The van der Waals surface area contributed by atoms with Gasteiger partial charge in [-0.05, 0) is 65.6 Å². The van der Waals surface area contributed by atoms with Crippen LogP contribution < -0.4 is 5.32 Å². The minimum Gasteiger partial charge on any atom is -0.460 e. The van der Waals surface area contributed by atoms with Gasteiger partial charge in [0, 0.05) is 24.7 Å². The van der Waals surface area contributed by atoms with Gasteiger partial charge in [0.2, 0.25) is 5.91 Å². The van der Waals surface area contributed by atoms with E-state index >= 15 is 0 Å². The zero-order valence-corrected chi connectivity index (χ0v) is 20.9. The number of fused-ring (bicyclic) bond motifs is 3. The van der Waals surface area contributed by atoms with E-state index in [0.29, 0.717) is 18.8 Å². The maximum Gasteiger partial charge on any atom is 0.271 e. The Morgan fingerprint density at radius 3 is 2.50 bits per heavy atom. The molecular weight excluding hydrogens is 428 g/mol. The number of nitrogens with zero attached hydrogens (tertiary/aromatic N) is 3. The van der Waals surface area contributed by atoms with Crippen molar-refractivity contribution in [3.05, 3.63) is 23.6 Å². The summed E-state index contributed by atoms with van der Waals surface area (Å²) in [5, 5.41) is 3.32. The first kappa shape index (κ1) is 23.5. The molecule has 186 valence electrons. The van der Waals surface area contributed by atoms with Gasteiger partial charge in [0.25, 0.3) is 5.91 Å². The molecule has 0 aromatic carbocycles. The van der Waals surface area contributed by atoms with Crippen LogP contribution in [0.1, 0.15) is 87.4 Å². The first-order valence-electron chi connectivity index (χ1n) is 13.4. The SMILES string of the molecule is Cc1cc2c(cc3n2C[C@@](C)(C(=O)NC2CCCCC2)N(CCCN2CCCCCC2)C3=O)o1. The van der Waals surface area contributed by atoms with Gasteiger partial charge < -0.3 is 24.1 Å². The molecular formula is C27H40N4O3. The minimum absolute atomic E-state index is 0.0183. The summed E-state index contributed by atoms with van der Waals surface area (Å²) >= 11 is 0. The van der Waals surface area contributed by atoms with Crippen molar-refractivity contribution in [3.8, 4) is 0 Å². The fourth-order valence-corrected chi connectivity index (χ4v) is 6.21. The lowest BCUT2D eigenvalue weighted by molar-refractivity contribution is -0.133. The van der Waals surface area contributed by atoms with Crippen LogP contribution in [0.2, 0.25) is 0 Å². The highest BCUT2D eigenvalue weighted by molar-refractivity contribution is 6.03. The molecule has 2 aliphatic heterocycles. The topological polar surface area (TPSA) is 70.7 Å². The number of likely N-dealkylation sites (tertiary alicyclic amines) is 1. The van der Waals surface area contributed by atoms with Crippen LogP contribution in [0.4, 0.5) is 0 Å². The Morgan fingerprint density at radius 1 is 1.06 bits per heavy atom. The molecule has 1 aliphatic carbocycles. The number of aromatic nitrogens is 1. The van der Waals surface area contributed by atoms with Crippen LogP contribution in [-0.4, -0.2) is 63.9 Å². The van der Waals surface area contributed by atoms with Gasteiger partial charge in [-0.15, -0.1) is 0 Å². The zero-order valence-electron chi connectivity index (χ0n) is 20.9. The Bertz CT molecular complexity index is 1030. The molecule has 2 fully saturated rings. The third kappa shape index (κ3) is 4.51. The van der Waals surface area contributed by atoms with E-state index in [1.54, 1.807) is 0 Å². The van der Waals surface area contributed by atoms with Crippen LogP contribution in [0.25, 0.3) is 11.1 Å². The summed E-state index contributed by atoms with van der Waals surface area (Å²) in [4.78, 5) is 31.9. The van der Waals surface area contributed by atoms with Gasteiger partial charge in [0.1, 0.15) is 17.0 Å². The Morgan fingerprint density at radius 2 is 1.76 bits per heavy atom. The number of amides is 2. The molecule has 2 aromatic heterocycles. The molecule has 7 nitrogen and oxygen atoms in total. The van der Waals surface area contributed by atoms with E-state index in [0.717, 1.165) is 68.6 Å². The first-order chi connectivity index (χ1) is 16.5. The van der Waals surface area contributed by atoms with Gasteiger partial charge in [-0.1, -0.05) is 32.1 Å². The normalized spacial score (nSPS) is 24.9. The maximum absolute atomic E-state index is 13.8. The highest BCUT2D eigenvalue weighted by Crippen LogP contribution is 2.34. The van der Waals surface area contributed by atoms with Gasteiger partial charge in [-0.2, -0.15) is 0 Å². The van der Waals surface area contributed by atoms with Crippen LogP contribution in [0, 0.1) is 6.92 Å². The highest BCUT2D eigenvalue weighted by Gasteiger charge is 2.48. The van der Waals surface area contributed by atoms with Gasteiger partial charge in [-0.25, -0.2) is 0 Å². The van der Waals surface area contributed by atoms with Crippen molar-refractivity contribution in [2.45, 2.75) is 96.2 Å². The Balaban J connectivity index is 1.38. The van der Waals surface area contributed by atoms with Crippen molar-refractivity contribution >= 4 is 22.9 Å². The molecule has 3 aliphatic rings. The molecule has 1 saturated carbocycles. The molecule has 1 saturated heterocycles. The van der Waals surface area contributed by atoms with E-state index in [9.17, 15) is 9.59 Å². The van der Waals surface area contributed by atoms with Crippen molar-refractivity contribution < 1.29 is 14.0 Å². The Hall–Kier alpha value is -2.28. The van der Waals surface area contributed by atoms with Crippen molar-refractivity contribution in [1.29, 1.82) is 0 Å². The molecule has 2 aromatic rings. The molecule has 5 rings (SSSR count). The summed E-state index contributed by atoms with van der Waals surface area (Å²) in [6.45, 7) is 8.19. The van der Waals surface area contributed by atoms with Crippen molar-refractivity contribution in [3.63, 3.8) is 0 Å². The summed E-state index contributed by atoms with van der Waals surface area (Å²) in [7, 11) is 0. The van der Waals surface area contributed by atoms with Gasteiger partial charge >= 0.3 is 0 Å². The molecule has 4 heterocycles. The largest absolute Gasteiger partial charge is 0.460 e. The number of furan rings is 1. The standard InChI is InChI=1S/C27H40N4O3/c1-20-17-22-24(34-20)18-23-25(32)31(16-10-15-29-13-8-3-4-9-14-29)27(2,19-30(22)23)26(33)28-21-11-6-5-7-12-21/h17-18,21H,3-16,19H2,1-2H3,(H,28,33)/t27-/m0/s1. The number of aryl methyl sites for hydroxylation is 1. The summed E-state index contributed by atoms with van der Waals surface area (Å²) < 4.78 is 7.83. The second-order valence-electron chi connectivity index (χ2n) is 10.9. The predicted octanol–water partition coefficient (Wildman–Crippen LogP) is 4.47. The fourth-order valence-electron chi connectivity index (χ4n) is 6.21. The number of hydrogen-bond acceptors (Lipinski definition) is 4. The van der Waals surface area contributed by atoms with Crippen molar-refractivity contribution in [1.82, 2.24) is 19.7 Å². The molecule has 0 bridgehead atoms. The molecule has 1 atom stereocenters. The highest BCUT2D eigenvalue weighted by atomic mass is 16.3. The van der Waals surface area contributed by atoms with Gasteiger partial charge in [0.05, 0.1) is 12.1 Å². The molecule has 1 N–H and O–H groups in total. The second kappa shape index (κ2) is 9.76. The summed E-state index contributed by atoms with van der Waals surface area (Å²) in [5.74, 6) is 0.740. The van der Waals surface area contributed by atoms with E-state index in [1.165, 1.54) is 32.1 Å². The molecule has 7 heteroatoms. The lowest BCUT2D eigenvalue weighted by Crippen LogP contribution is -2.65. The van der Waals surface area contributed by atoms with Crippen LogP contribution in [-0.2, 0) is 11.3 Å². The number of rotatable bonds is 6. The van der Waals surface area contributed by atoms with Gasteiger partial charge in [0.15, 0.2) is 5.58 Å². The molecule has 0 radical (unpaired) electrons. The van der Waals surface area contributed by atoms with Crippen LogP contribution >= 0.6 is 0 Å². The summed E-state index contributed by atoms with van der Waals surface area (Å²) in [6.07, 6.45) is 11.7. The number of nitrogens with one attached hydrogen (secondary N) is 1. The third-order valence-corrected chi connectivity index (χ3v) is 8.22. The van der Waals surface area contributed by atoms with Crippen LogP contribution in [0.3, 0.4) is 0 Å². The Kier molecular flexibility index (Phi) is 6.74. The predicted molar refractivity (Wildman–Crippen MR) is 133 cm³/mol. The molecule has 0 spiro atoms. The van der Waals surface area contributed by atoms with E-state index < -0.39 is 5.54 Å². The van der Waals surface area contributed by atoms with E-state index in [4.69, 9.17) is 4.42 Å². The van der Waals surface area contributed by atoms with Crippen molar-refractivity contribution in [2.75, 3.05) is 26.2 Å². The van der Waals surface area contributed by atoms with Gasteiger partial charge in [-0.3, -0.25) is 9.59 Å². The zero-order chi connectivity index (χ0) is 23.7. The summed E-state index contributed by atoms with van der Waals surface area (Å²) in [5.41, 5.74) is 1.34. The maximum atomic E-state index is 13.8. The third-order valence-electron chi connectivity index (χ3n) is 8.22. The number of hydrogen-bond donors (Lipinski definition) is 1. The molecule has 2 amide bonds. The lowest BCUT2D eigenvalue weighted by Gasteiger charge is -2.45. The smallest absolute Gasteiger partial charge is 0.271 e. The van der Waals surface area contributed by atoms with Crippen LogP contribution in [0.15, 0.2) is 16.5 Å². The minimum atomic E-state index is -0.919. The molecule has 34 heavy (non-hydrogen) atoms. The second-order valence-corrected chi connectivity index (χ2v) is 10.9. The number of carbonyl (C=O) groups is 2. The fraction of sp³-hybridized carbons (Fsp3) is 0.704. The quantitative estimate of drug-likeness (QED) is 0.679. The first-order valence-corrected chi connectivity index (χ1v) is 13.4. The summed E-state index contributed by atoms with van der Waals surface area (Å²) in [6, 6.07) is 4.04. The van der Waals surface area contributed by atoms with E-state index in [1.807, 2.05) is 35.4 Å². The Labute approximate surface area is 202 Å². The lowest BCUT2D eigenvalue weighted by atomic mass is 9.91. The van der Waals surface area contributed by atoms with E-state index in [2.05, 4.69) is 10.2 Å². The average Bonchev–Trinajstić information content (AvgIpc) is 3.21. The average molecular weight is 469 g/mol. The van der Waals surface area contributed by atoms with E-state index in [-0.39, 0.29) is 17.9 Å². The van der Waals surface area contributed by atoms with Crippen molar-refractivity contribution in [2.24, 2.45) is 0 Å².